The molecule has 0 spiro atoms. The zero-order valence-electron chi connectivity index (χ0n) is 9.43. The average molecular weight is 250 g/mol. The maximum absolute atomic E-state index is 10.9. The predicted molar refractivity (Wildman–Crippen MR) is 55.1 cm³/mol. The molecule has 0 aromatic heterocycles. The molecule has 7 nitrogen and oxygen atoms in total. The van der Waals surface area contributed by atoms with E-state index in [2.05, 4.69) is 0 Å². The summed E-state index contributed by atoms with van der Waals surface area (Å²) >= 11 is 0. The van der Waals surface area contributed by atoms with Gasteiger partial charge in [0.25, 0.3) is 0 Å². The lowest BCUT2D eigenvalue weighted by Gasteiger charge is -2.41. The number of ether oxygens (including phenoxy) is 1. The minimum Gasteiger partial charge on any atom is -0.394 e. The third-order valence-corrected chi connectivity index (χ3v) is 2.80. The van der Waals surface area contributed by atoms with E-state index in [-0.39, 0.29) is 12.2 Å². The molecule has 0 radical (unpaired) electrons. The number of hydrogen-bond acceptors (Lipinski definition) is 7. The van der Waals surface area contributed by atoms with Gasteiger partial charge in [-0.05, 0) is 6.92 Å². The van der Waals surface area contributed by atoms with Crippen LogP contribution in [0.1, 0.15) is 13.3 Å². The van der Waals surface area contributed by atoms with E-state index in [9.17, 15) is 25.2 Å². The zero-order valence-corrected chi connectivity index (χ0v) is 9.43. The quantitative estimate of drug-likeness (QED) is 0.364. The lowest BCUT2D eigenvalue weighted by Crippen LogP contribution is -2.61. The highest BCUT2D eigenvalue weighted by Crippen LogP contribution is 2.25. The van der Waals surface area contributed by atoms with E-state index < -0.39 is 43.2 Å². The second-order valence-corrected chi connectivity index (χ2v) is 4.27. The van der Waals surface area contributed by atoms with Crippen molar-refractivity contribution in [2.24, 2.45) is 0 Å². The number of aliphatic hydroxyl groups excluding tert-OH is 5. The second-order valence-electron chi connectivity index (χ2n) is 4.27. The molecule has 6 atom stereocenters. The van der Waals surface area contributed by atoms with Gasteiger partial charge in [-0.1, -0.05) is 0 Å². The molecular weight excluding hydrogens is 232 g/mol. The number of carbonyl (C=O) groups excluding carboxylic acids is 1. The van der Waals surface area contributed by atoms with Gasteiger partial charge in [-0.15, -0.1) is 0 Å². The molecule has 5 N–H and O–H groups in total. The van der Waals surface area contributed by atoms with E-state index in [1.54, 1.807) is 0 Å². The summed E-state index contributed by atoms with van der Waals surface area (Å²) < 4.78 is 5.15. The van der Waals surface area contributed by atoms with Crippen molar-refractivity contribution in [1.82, 2.24) is 0 Å². The SMILES string of the molecule is CC(=O)C[C@@H]1O[C@H]([C@@H](O)CO)[C@@H](O)[C@H](O)[C@@H]1O. The van der Waals surface area contributed by atoms with Gasteiger partial charge in [0.15, 0.2) is 0 Å². The Bertz CT molecular complexity index is 269. The number of ketones is 1. The smallest absolute Gasteiger partial charge is 0.132 e. The molecule has 0 aromatic rings. The van der Waals surface area contributed by atoms with Crippen molar-refractivity contribution in [3.05, 3.63) is 0 Å². The zero-order chi connectivity index (χ0) is 13.2. The fraction of sp³-hybridized carbons (Fsp3) is 0.900. The Morgan fingerprint density at radius 2 is 1.82 bits per heavy atom. The first-order valence-electron chi connectivity index (χ1n) is 5.36. The molecular formula is C10H18O7. The monoisotopic (exact) mass is 250 g/mol. The Morgan fingerprint density at radius 1 is 1.24 bits per heavy atom. The third kappa shape index (κ3) is 3.21. The molecule has 0 bridgehead atoms. The summed E-state index contributed by atoms with van der Waals surface area (Å²) in [6.07, 6.45) is -8.22. The largest absolute Gasteiger partial charge is 0.394 e. The fourth-order valence-electron chi connectivity index (χ4n) is 1.85. The van der Waals surface area contributed by atoms with Crippen LogP contribution >= 0.6 is 0 Å². The lowest BCUT2D eigenvalue weighted by molar-refractivity contribution is -0.245. The van der Waals surface area contributed by atoms with E-state index in [1.807, 2.05) is 0 Å². The van der Waals surface area contributed by atoms with Gasteiger partial charge < -0.3 is 30.3 Å². The van der Waals surface area contributed by atoms with Gasteiger partial charge in [-0.3, -0.25) is 4.79 Å². The Kier molecular flexibility index (Phi) is 4.99. The topological polar surface area (TPSA) is 127 Å². The molecule has 7 heteroatoms. The third-order valence-electron chi connectivity index (χ3n) is 2.80. The minimum absolute atomic E-state index is 0.139. The minimum atomic E-state index is -1.53. The first kappa shape index (κ1) is 14.5. The van der Waals surface area contributed by atoms with Crippen LogP contribution < -0.4 is 0 Å². The molecule has 100 valence electrons. The molecule has 1 aliphatic rings. The van der Waals surface area contributed by atoms with Crippen LogP contribution in [0.5, 0.6) is 0 Å². The molecule has 0 unspecified atom stereocenters. The van der Waals surface area contributed by atoms with Crippen molar-refractivity contribution in [2.75, 3.05) is 6.61 Å². The van der Waals surface area contributed by atoms with Gasteiger partial charge in [0, 0.05) is 6.42 Å². The highest BCUT2D eigenvalue weighted by Gasteiger charge is 2.46. The molecule has 1 heterocycles. The van der Waals surface area contributed by atoms with Crippen molar-refractivity contribution in [1.29, 1.82) is 0 Å². The van der Waals surface area contributed by atoms with Crippen molar-refractivity contribution in [2.45, 2.75) is 50.0 Å². The van der Waals surface area contributed by atoms with E-state index >= 15 is 0 Å². The Labute approximate surface area is 98.3 Å². The lowest BCUT2D eigenvalue weighted by atomic mass is 9.90. The normalized spacial score (nSPS) is 40.0. The maximum Gasteiger partial charge on any atom is 0.132 e. The molecule has 1 fully saturated rings. The number of hydrogen-bond donors (Lipinski definition) is 5. The summed E-state index contributed by atoms with van der Waals surface area (Å²) in [6, 6.07) is 0. The van der Waals surface area contributed by atoms with Gasteiger partial charge in [-0.2, -0.15) is 0 Å². The van der Waals surface area contributed by atoms with Crippen LogP contribution in [0.25, 0.3) is 0 Å². The van der Waals surface area contributed by atoms with Crippen LogP contribution in [-0.2, 0) is 9.53 Å². The highest BCUT2D eigenvalue weighted by molar-refractivity contribution is 5.76. The molecule has 1 rings (SSSR count). The Morgan fingerprint density at radius 3 is 2.29 bits per heavy atom. The van der Waals surface area contributed by atoms with Crippen molar-refractivity contribution in [3.8, 4) is 0 Å². The number of carbonyl (C=O) groups is 1. The molecule has 1 saturated heterocycles. The number of aliphatic hydroxyl groups is 5. The van der Waals surface area contributed by atoms with Gasteiger partial charge in [0.2, 0.25) is 0 Å². The number of rotatable bonds is 4. The first-order chi connectivity index (χ1) is 7.88. The number of Topliss-reactive ketones (excluding diaryl/α,β-unsaturated/α-hetero) is 1. The highest BCUT2D eigenvalue weighted by atomic mass is 16.5. The molecule has 17 heavy (non-hydrogen) atoms. The van der Waals surface area contributed by atoms with Gasteiger partial charge in [-0.25, -0.2) is 0 Å². The molecule has 0 aliphatic carbocycles. The first-order valence-corrected chi connectivity index (χ1v) is 5.36. The van der Waals surface area contributed by atoms with Crippen molar-refractivity contribution in [3.63, 3.8) is 0 Å². The molecule has 0 amide bonds. The van der Waals surface area contributed by atoms with Gasteiger partial charge in [0.05, 0.1) is 12.7 Å². The standard InChI is InChI=1S/C10H18O7/c1-4(12)2-6-7(14)8(15)9(16)10(17-6)5(13)3-11/h5-11,13-16H,2-3H2,1H3/t5-,6-,7+,8+,9-,10+/m0/s1. The van der Waals surface area contributed by atoms with Crippen LogP contribution in [0.3, 0.4) is 0 Å². The van der Waals surface area contributed by atoms with Crippen molar-refractivity contribution < 1.29 is 35.1 Å². The Hall–Kier alpha value is -0.570. The van der Waals surface area contributed by atoms with E-state index in [0.29, 0.717) is 0 Å². The van der Waals surface area contributed by atoms with Crippen LogP contribution in [0.15, 0.2) is 0 Å². The summed E-state index contributed by atoms with van der Waals surface area (Å²) in [5.41, 5.74) is 0. The summed E-state index contributed by atoms with van der Waals surface area (Å²) in [5, 5.41) is 46.9. The Balaban J connectivity index is 2.78. The summed E-state index contributed by atoms with van der Waals surface area (Å²) in [7, 11) is 0. The van der Waals surface area contributed by atoms with E-state index in [4.69, 9.17) is 9.84 Å². The fourth-order valence-corrected chi connectivity index (χ4v) is 1.85. The van der Waals surface area contributed by atoms with E-state index in [0.717, 1.165) is 0 Å². The van der Waals surface area contributed by atoms with Crippen LogP contribution in [0, 0.1) is 0 Å². The van der Waals surface area contributed by atoms with Crippen LogP contribution in [0.4, 0.5) is 0 Å². The van der Waals surface area contributed by atoms with Gasteiger partial charge in [0.1, 0.15) is 36.3 Å². The van der Waals surface area contributed by atoms with Crippen LogP contribution in [-0.4, -0.2) is 74.5 Å². The van der Waals surface area contributed by atoms with Gasteiger partial charge >= 0.3 is 0 Å². The van der Waals surface area contributed by atoms with E-state index in [1.165, 1.54) is 6.92 Å². The summed E-state index contributed by atoms with van der Waals surface area (Å²) in [6.45, 7) is 0.641. The second kappa shape index (κ2) is 5.85. The molecule has 0 aromatic carbocycles. The van der Waals surface area contributed by atoms with Crippen LogP contribution in [0.2, 0.25) is 0 Å². The summed E-state index contributed by atoms with van der Waals surface area (Å²) in [4.78, 5) is 10.9. The molecule has 1 aliphatic heterocycles. The van der Waals surface area contributed by atoms with Crippen molar-refractivity contribution >= 4 is 5.78 Å². The molecule has 0 saturated carbocycles. The predicted octanol–water partition coefficient (Wildman–Crippen LogP) is -2.83. The average Bonchev–Trinajstić information content (AvgIpc) is 2.28. The summed E-state index contributed by atoms with van der Waals surface area (Å²) in [5.74, 6) is -0.255. The maximum atomic E-state index is 10.9.